The number of hydrogen-bond acceptors (Lipinski definition) is 6. The lowest BCUT2D eigenvalue weighted by Crippen LogP contribution is -2.47. The van der Waals surface area contributed by atoms with Crippen molar-refractivity contribution in [3.8, 4) is 11.5 Å². The maximum Gasteiger partial charge on any atom is 0.264 e. The van der Waals surface area contributed by atoms with Gasteiger partial charge < -0.3 is 19.3 Å². The summed E-state index contributed by atoms with van der Waals surface area (Å²) in [4.78, 5) is 32.8. The van der Waals surface area contributed by atoms with Crippen LogP contribution in [0.3, 0.4) is 0 Å². The number of thiophene rings is 2. The Kier molecular flexibility index (Phi) is 7.39. The number of fused-ring (bicyclic) bond motifs is 1. The quantitative estimate of drug-likeness (QED) is 0.381. The molecule has 1 aliphatic heterocycles. The number of nitrogens with zero attached hydrogens (tertiary/aromatic N) is 2. The molecule has 2 aromatic heterocycles. The first-order chi connectivity index (χ1) is 17.1. The molecular weight excluding hydrogens is 480 g/mol. The molecule has 0 unspecified atom stereocenters. The molecule has 0 saturated heterocycles. The van der Waals surface area contributed by atoms with Crippen LogP contribution in [0.25, 0.3) is 0 Å². The number of rotatable bonds is 8. The van der Waals surface area contributed by atoms with Gasteiger partial charge in [-0.05, 0) is 65.9 Å². The predicted molar refractivity (Wildman–Crippen MR) is 138 cm³/mol. The first-order valence-corrected chi connectivity index (χ1v) is 13.9. The highest BCUT2D eigenvalue weighted by molar-refractivity contribution is 7.12. The second-order valence-corrected chi connectivity index (χ2v) is 11.1. The molecule has 0 radical (unpaired) electrons. The first kappa shape index (κ1) is 23.9. The summed E-state index contributed by atoms with van der Waals surface area (Å²) in [7, 11) is 0. The van der Waals surface area contributed by atoms with E-state index in [1.54, 1.807) is 11.3 Å². The van der Waals surface area contributed by atoms with Crippen molar-refractivity contribution in [2.75, 3.05) is 13.3 Å². The molecule has 2 amide bonds. The summed E-state index contributed by atoms with van der Waals surface area (Å²) in [5, 5.41) is 3.97. The van der Waals surface area contributed by atoms with E-state index in [9.17, 15) is 9.59 Å². The number of ether oxygens (including phenoxy) is 2. The van der Waals surface area contributed by atoms with Gasteiger partial charge in [0.2, 0.25) is 12.7 Å². The number of amides is 2. The summed E-state index contributed by atoms with van der Waals surface area (Å²) < 4.78 is 11.0. The average Bonchev–Trinajstić information content (AvgIpc) is 3.65. The van der Waals surface area contributed by atoms with Crippen molar-refractivity contribution in [1.82, 2.24) is 9.80 Å². The topological polar surface area (TPSA) is 59.1 Å². The molecule has 1 aromatic carbocycles. The Balaban J connectivity index is 1.39. The summed E-state index contributed by atoms with van der Waals surface area (Å²) in [5.74, 6) is 1.37. The molecule has 6 nitrogen and oxygen atoms in total. The molecule has 2 aliphatic rings. The average molecular weight is 511 g/mol. The molecule has 5 rings (SSSR count). The fraction of sp³-hybridized carbons (Fsp3) is 0.407. The second kappa shape index (κ2) is 10.8. The van der Waals surface area contributed by atoms with Crippen molar-refractivity contribution in [2.45, 2.75) is 58.2 Å². The van der Waals surface area contributed by atoms with Crippen molar-refractivity contribution in [2.24, 2.45) is 0 Å². The zero-order valence-corrected chi connectivity index (χ0v) is 21.5. The number of hydrogen-bond donors (Lipinski definition) is 0. The fourth-order valence-corrected chi connectivity index (χ4v) is 6.38. The summed E-state index contributed by atoms with van der Waals surface area (Å²) in [6.07, 6.45) is 5.30. The van der Waals surface area contributed by atoms with Crippen LogP contribution in [0, 0.1) is 6.92 Å². The van der Waals surface area contributed by atoms with E-state index in [1.165, 1.54) is 23.3 Å². The minimum Gasteiger partial charge on any atom is -0.454 e. The number of carbonyl (C=O) groups is 2. The Hall–Kier alpha value is -2.84. The molecule has 1 fully saturated rings. The zero-order valence-electron chi connectivity index (χ0n) is 19.9. The summed E-state index contributed by atoms with van der Waals surface area (Å²) in [5.41, 5.74) is 2.16. The van der Waals surface area contributed by atoms with Gasteiger partial charge in [-0.1, -0.05) is 31.4 Å². The van der Waals surface area contributed by atoms with Crippen LogP contribution in [0.2, 0.25) is 0 Å². The van der Waals surface area contributed by atoms with Crippen LogP contribution in [-0.4, -0.2) is 41.0 Å². The van der Waals surface area contributed by atoms with E-state index in [0.717, 1.165) is 41.9 Å². The van der Waals surface area contributed by atoms with Crippen LogP contribution in [0.1, 0.15) is 57.8 Å². The highest BCUT2D eigenvalue weighted by atomic mass is 32.1. The van der Waals surface area contributed by atoms with Gasteiger partial charge in [0.25, 0.3) is 5.91 Å². The molecule has 0 atom stereocenters. The zero-order chi connectivity index (χ0) is 24.2. The predicted octanol–water partition coefficient (Wildman–Crippen LogP) is 5.85. The van der Waals surface area contributed by atoms with Crippen molar-refractivity contribution in [3.63, 3.8) is 0 Å². The third-order valence-corrected chi connectivity index (χ3v) is 8.65. The smallest absolute Gasteiger partial charge is 0.264 e. The van der Waals surface area contributed by atoms with Crippen molar-refractivity contribution < 1.29 is 19.1 Å². The van der Waals surface area contributed by atoms with Gasteiger partial charge in [0.15, 0.2) is 11.5 Å². The molecule has 8 heteroatoms. The van der Waals surface area contributed by atoms with Crippen LogP contribution < -0.4 is 9.47 Å². The van der Waals surface area contributed by atoms with E-state index in [2.05, 4.69) is 18.4 Å². The van der Waals surface area contributed by atoms with Gasteiger partial charge in [0.05, 0.1) is 11.4 Å². The Morgan fingerprint density at radius 1 is 0.971 bits per heavy atom. The molecule has 3 heterocycles. The molecule has 35 heavy (non-hydrogen) atoms. The largest absolute Gasteiger partial charge is 0.454 e. The third-order valence-electron chi connectivity index (χ3n) is 6.78. The molecule has 1 aliphatic carbocycles. The van der Waals surface area contributed by atoms with Gasteiger partial charge >= 0.3 is 0 Å². The van der Waals surface area contributed by atoms with Crippen molar-refractivity contribution in [3.05, 3.63) is 68.0 Å². The molecule has 0 N–H and O–H groups in total. The van der Waals surface area contributed by atoms with Crippen LogP contribution >= 0.6 is 22.7 Å². The van der Waals surface area contributed by atoms with E-state index in [-0.39, 0.29) is 31.2 Å². The number of aryl methyl sites for hydroxylation is 1. The monoisotopic (exact) mass is 510 g/mol. The number of carbonyl (C=O) groups excluding carboxylic acids is 2. The van der Waals surface area contributed by atoms with Crippen LogP contribution in [0.5, 0.6) is 11.5 Å². The Bertz CT molecular complexity index is 1170. The van der Waals surface area contributed by atoms with Gasteiger partial charge in [0.1, 0.15) is 6.54 Å². The highest BCUT2D eigenvalue weighted by Crippen LogP contribution is 2.33. The standard InChI is InChI=1S/C27H30N2O4S2/c1-19-11-13-35-25(19)16-28(15-20-9-10-22-23(14-20)33-18-32-22)26(30)17-29(21-6-3-2-4-7-21)27(31)24-8-5-12-34-24/h5,8-14,21H,2-4,6-7,15-18H2,1H3. The lowest BCUT2D eigenvalue weighted by molar-refractivity contribution is -0.133. The summed E-state index contributed by atoms with van der Waals surface area (Å²) in [6.45, 7) is 3.35. The van der Waals surface area contributed by atoms with Crippen LogP contribution in [-0.2, 0) is 17.9 Å². The minimum atomic E-state index is -0.0362. The molecular formula is C27H30N2O4S2. The third kappa shape index (κ3) is 5.54. The normalized spacial score (nSPS) is 15.2. The second-order valence-electron chi connectivity index (χ2n) is 9.17. The van der Waals surface area contributed by atoms with E-state index in [1.807, 2.05) is 45.5 Å². The van der Waals surface area contributed by atoms with Crippen molar-refractivity contribution >= 4 is 34.5 Å². The summed E-state index contributed by atoms with van der Waals surface area (Å²) >= 11 is 3.10. The lowest BCUT2D eigenvalue weighted by atomic mass is 9.94. The van der Waals surface area contributed by atoms with E-state index >= 15 is 0 Å². The van der Waals surface area contributed by atoms with Gasteiger partial charge in [-0.15, -0.1) is 22.7 Å². The van der Waals surface area contributed by atoms with Gasteiger partial charge in [-0.3, -0.25) is 9.59 Å². The Morgan fingerprint density at radius 2 is 1.80 bits per heavy atom. The minimum absolute atomic E-state index is 0.0319. The lowest BCUT2D eigenvalue weighted by Gasteiger charge is -2.35. The maximum absolute atomic E-state index is 13.8. The molecule has 3 aromatic rings. The summed E-state index contributed by atoms with van der Waals surface area (Å²) in [6, 6.07) is 11.8. The van der Waals surface area contributed by atoms with Gasteiger partial charge in [0, 0.05) is 17.5 Å². The molecule has 0 spiro atoms. The van der Waals surface area contributed by atoms with Gasteiger partial charge in [-0.25, -0.2) is 0 Å². The SMILES string of the molecule is Cc1ccsc1CN(Cc1ccc2c(c1)OCO2)C(=O)CN(C(=O)c1cccs1)C1CCCCC1. The highest BCUT2D eigenvalue weighted by Gasteiger charge is 2.30. The first-order valence-electron chi connectivity index (χ1n) is 12.1. The van der Waals surface area contributed by atoms with Crippen molar-refractivity contribution in [1.29, 1.82) is 0 Å². The molecule has 1 saturated carbocycles. The fourth-order valence-electron chi connectivity index (χ4n) is 4.78. The Labute approximate surface area is 214 Å². The van der Waals surface area contributed by atoms with Crippen LogP contribution in [0.4, 0.5) is 0 Å². The molecule has 0 bridgehead atoms. The Morgan fingerprint density at radius 3 is 2.54 bits per heavy atom. The van der Waals surface area contributed by atoms with E-state index in [0.29, 0.717) is 23.7 Å². The van der Waals surface area contributed by atoms with E-state index < -0.39 is 0 Å². The molecule has 184 valence electrons. The van der Waals surface area contributed by atoms with Gasteiger partial charge in [-0.2, -0.15) is 0 Å². The van der Waals surface area contributed by atoms with Crippen LogP contribution in [0.15, 0.2) is 47.2 Å². The number of benzene rings is 1. The van der Waals surface area contributed by atoms with E-state index in [4.69, 9.17) is 9.47 Å². The maximum atomic E-state index is 13.8.